The number of aromatic hydroxyl groups is 1. The van der Waals surface area contributed by atoms with Gasteiger partial charge in [0.1, 0.15) is 17.3 Å². The lowest BCUT2D eigenvalue weighted by Crippen LogP contribution is -2.18. The number of ether oxygens (including phenoxy) is 3. The Morgan fingerprint density at radius 2 is 1.38 bits per heavy atom. The molecule has 0 aliphatic heterocycles. The van der Waals surface area contributed by atoms with Crippen molar-refractivity contribution >= 4 is 66.3 Å². The third-order valence-electron chi connectivity index (χ3n) is 10.0. The summed E-state index contributed by atoms with van der Waals surface area (Å²) in [6.45, 7) is 3.82. The third-order valence-corrected chi connectivity index (χ3v) is 10.0. The van der Waals surface area contributed by atoms with E-state index in [1.54, 1.807) is 18.5 Å². The van der Waals surface area contributed by atoms with Gasteiger partial charge in [-0.05, 0) is 43.5 Å². The smallest absolute Gasteiger partial charge is 0.230 e. The Kier molecular flexibility index (Phi) is 7.78. The van der Waals surface area contributed by atoms with E-state index in [1.165, 1.54) is 34.3 Å². The van der Waals surface area contributed by atoms with Gasteiger partial charge in [-0.1, -0.05) is 23.8 Å². The number of ketones is 1. The molecule has 0 saturated carbocycles. The number of aromatic nitrogens is 2. The summed E-state index contributed by atoms with van der Waals surface area (Å²) in [6.07, 6.45) is 5.21. The molecule has 0 amide bonds. The van der Waals surface area contributed by atoms with Gasteiger partial charge in [0.25, 0.3) is 0 Å². The monoisotopic (exact) mass is 694 g/mol. The van der Waals surface area contributed by atoms with Crippen LogP contribution in [0.25, 0.3) is 49.2 Å². The maximum Gasteiger partial charge on any atom is 0.230 e. The molecule has 0 bridgehead atoms. The molecular formula is C41H34N4O7. The molecule has 11 heteroatoms. The van der Waals surface area contributed by atoms with Crippen molar-refractivity contribution in [3.63, 3.8) is 0 Å². The minimum Gasteiger partial charge on any atom is -0.505 e. The maximum atomic E-state index is 14.9. The average Bonchev–Trinajstić information content (AvgIpc) is 3.28. The van der Waals surface area contributed by atoms with Gasteiger partial charge in [0.05, 0.1) is 73.9 Å². The molecule has 5 aromatic carbocycles. The number of carbonyl (C=O) groups is 1. The molecule has 0 fully saturated rings. The summed E-state index contributed by atoms with van der Waals surface area (Å²) in [4.78, 5) is 51.6. The molecule has 3 N–H and O–H groups in total. The number of nitrogens with zero attached hydrogens (tertiary/aromatic N) is 2. The number of rotatable bonds is 10. The van der Waals surface area contributed by atoms with Crippen LogP contribution >= 0.6 is 0 Å². The summed E-state index contributed by atoms with van der Waals surface area (Å²) < 4.78 is 17.9. The summed E-state index contributed by atoms with van der Waals surface area (Å²) in [6, 6.07) is 14.2. The average molecular weight is 695 g/mol. The second-order valence-electron chi connectivity index (χ2n) is 12.9. The third kappa shape index (κ3) is 4.69. The largest absolute Gasteiger partial charge is 0.505 e. The number of anilines is 2. The van der Waals surface area contributed by atoms with Crippen molar-refractivity contribution in [3.05, 3.63) is 109 Å². The van der Waals surface area contributed by atoms with Gasteiger partial charge in [0, 0.05) is 62.6 Å². The summed E-state index contributed by atoms with van der Waals surface area (Å²) in [5.41, 5.74) is 2.86. The van der Waals surface area contributed by atoms with Gasteiger partial charge in [-0.3, -0.25) is 24.4 Å². The van der Waals surface area contributed by atoms with Crippen LogP contribution in [0.4, 0.5) is 11.4 Å². The molecule has 11 nitrogen and oxygen atoms in total. The molecule has 1 unspecified atom stereocenters. The van der Waals surface area contributed by atoms with E-state index < -0.39 is 16.8 Å². The second-order valence-corrected chi connectivity index (χ2v) is 12.9. The first-order valence-corrected chi connectivity index (χ1v) is 16.7. The predicted molar refractivity (Wildman–Crippen MR) is 203 cm³/mol. The molecule has 260 valence electrons. The Bertz CT molecular complexity index is 2730. The number of hydrogen-bond acceptors (Lipinski definition) is 11. The van der Waals surface area contributed by atoms with E-state index >= 15 is 0 Å². The van der Waals surface area contributed by atoms with Crippen LogP contribution in [0, 0.1) is 0 Å². The molecule has 8 rings (SSSR count). The van der Waals surface area contributed by atoms with Crippen molar-refractivity contribution in [2.75, 3.05) is 32.0 Å². The number of pyridine rings is 2. The molecule has 52 heavy (non-hydrogen) atoms. The van der Waals surface area contributed by atoms with Crippen molar-refractivity contribution in [1.29, 1.82) is 0 Å². The number of allylic oxidation sites excluding steroid dienone is 1. The summed E-state index contributed by atoms with van der Waals surface area (Å²) >= 11 is 0. The number of fused-ring (bicyclic) bond motifs is 1. The Labute approximate surface area is 297 Å². The SMILES string of the molecule is COc1c2c3c4c(c(NCc5ccccn5)c(O)c5c(=O)cc(OC)c(c6c(OC)cc(NCc7ccccn7)c(c1=O)c63)c54)C=C(C)C2C(C)=O. The van der Waals surface area contributed by atoms with E-state index in [2.05, 4.69) is 20.6 Å². The highest BCUT2D eigenvalue weighted by Crippen LogP contribution is 2.56. The lowest BCUT2D eigenvalue weighted by Gasteiger charge is -2.25. The van der Waals surface area contributed by atoms with Crippen LogP contribution in [0.5, 0.6) is 23.0 Å². The first kappa shape index (κ1) is 32.7. The number of methoxy groups -OCH3 is 3. The highest BCUT2D eigenvalue weighted by atomic mass is 16.5. The van der Waals surface area contributed by atoms with Crippen molar-refractivity contribution < 1.29 is 24.1 Å². The Morgan fingerprint density at radius 1 is 0.769 bits per heavy atom. The molecule has 7 aromatic rings. The number of carbonyl (C=O) groups excluding carboxylic acids is 1. The fourth-order valence-electron chi connectivity index (χ4n) is 7.97. The van der Waals surface area contributed by atoms with Crippen molar-refractivity contribution in [3.8, 4) is 23.0 Å². The van der Waals surface area contributed by atoms with Crippen molar-refractivity contribution in [1.82, 2.24) is 9.97 Å². The van der Waals surface area contributed by atoms with E-state index in [4.69, 9.17) is 14.2 Å². The van der Waals surface area contributed by atoms with E-state index in [0.29, 0.717) is 78.1 Å². The fraction of sp³-hybridized carbons (Fsp3) is 0.195. The Hall–Kier alpha value is -6.49. The van der Waals surface area contributed by atoms with Crippen LogP contribution in [-0.2, 0) is 17.9 Å². The van der Waals surface area contributed by atoms with Crippen molar-refractivity contribution in [2.24, 2.45) is 0 Å². The van der Waals surface area contributed by atoms with Gasteiger partial charge in [0.15, 0.2) is 16.9 Å². The van der Waals surface area contributed by atoms with Crippen LogP contribution in [-0.4, -0.2) is 42.2 Å². The van der Waals surface area contributed by atoms with Crippen LogP contribution in [0.15, 0.2) is 76.1 Å². The molecule has 1 aliphatic rings. The quantitative estimate of drug-likeness (QED) is 0.0795. The predicted octanol–water partition coefficient (Wildman–Crippen LogP) is 6.73. The number of benzene rings is 5. The maximum absolute atomic E-state index is 14.9. The van der Waals surface area contributed by atoms with Crippen molar-refractivity contribution in [2.45, 2.75) is 32.9 Å². The van der Waals surface area contributed by atoms with E-state index in [9.17, 15) is 19.5 Å². The van der Waals surface area contributed by atoms with Gasteiger partial charge < -0.3 is 30.0 Å². The van der Waals surface area contributed by atoms with Gasteiger partial charge >= 0.3 is 0 Å². The van der Waals surface area contributed by atoms with E-state index in [-0.39, 0.29) is 40.7 Å². The summed E-state index contributed by atoms with van der Waals surface area (Å²) in [5.74, 6) is -0.720. The lowest BCUT2D eigenvalue weighted by atomic mass is 9.80. The van der Waals surface area contributed by atoms with Gasteiger partial charge in [-0.25, -0.2) is 0 Å². The highest BCUT2D eigenvalue weighted by Gasteiger charge is 2.37. The fourth-order valence-corrected chi connectivity index (χ4v) is 7.97. The highest BCUT2D eigenvalue weighted by molar-refractivity contribution is 6.40. The zero-order chi connectivity index (χ0) is 36.4. The van der Waals surface area contributed by atoms with Crippen LogP contribution in [0.2, 0.25) is 0 Å². The summed E-state index contributed by atoms with van der Waals surface area (Å²) in [5, 5.41) is 22.2. The van der Waals surface area contributed by atoms with Crippen LogP contribution < -0.4 is 35.7 Å². The second kappa shape index (κ2) is 12.4. The number of phenols is 1. The number of phenolic OH excluding ortho intramolecular Hbond substituents is 1. The summed E-state index contributed by atoms with van der Waals surface area (Å²) in [7, 11) is 4.41. The molecule has 2 aromatic heterocycles. The Balaban J connectivity index is 1.64. The minimum atomic E-state index is -0.891. The molecule has 2 heterocycles. The van der Waals surface area contributed by atoms with Gasteiger partial charge in [-0.15, -0.1) is 0 Å². The zero-order valence-corrected chi connectivity index (χ0v) is 29.1. The van der Waals surface area contributed by atoms with E-state index in [0.717, 1.165) is 5.69 Å². The molecule has 0 radical (unpaired) electrons. The molecule has 0 saturated heterocycles. The topological polar surface area (TPSA) is 149 Å². The number of hydrogen-bond donors (Lipinski definition) is 3. The normalized spacial score (nSPS) is 13.9. The molecular weight excluding hydrogens is 660 g/mol. The lowest BCUT2D eigenvalue weighted by molar-refractivity contribution is -0.117. The van der Waals surface area contributed by atoms with Crippen LogP contribution in [0.3, 0.4) is 0 Å². The van der Waals surface area contributed by atoms with Gasteiger partial charge in [-0.2, -0.15) is 0 Å². The minimum absolute atomic E-state index is 0.0122. The zero-order valence-electron chi connectivity index (χ0n) is 29.1. The van der Waals surface area contributed by atoms with E-state index in [1.807, 2.05) is 49.4 Å². The molecule has 0 spiro atoms. The Morgan fingerprint density at radius 3 is 1.96 bits per heavy atom. The van der Waals surface area contributed by atoms with Crippen LogP contribution in [0.1, 0.15) is 42.3 Å². The first-order valence-electron chi connectivity index (χ1n) is 16.7. The number of Topliss-reactive ketones (excluding diaryl/α,β-unsaturated/α-hetero) is 1. The standard InChI is InChI=1S/C41H34N4O7/c1-19-14-23-29-34-31(39(48)38(23)45-18-22-11-7-9-13-43-22)25(47)16-27(51-4)33(34)32-26(50-3)15-24(44-17-21-10-6-8-12-42-21)30-36(32)35(29)37(28(19)20(2)46)41(52-5)40(30)49/h6-16,28,44-45,48H,17-18H2,1-5H3. The number of nitrogens with one attached hydrogen (secondary N) is 2. The molecule has 1 aliphatic carbocycles. The van der Waals surface area contributed by atoms with Gasteiger partial charge in [0.2, 0.25) is 5.43 Å². The first-order chi connectivity index (χ1) is 25.2. The molecule has 1 atom stereocenters.